The second-order valence-electron chi connectivity index (χ2n) is 7.46. The predicted octanol–water partition coefficient (Wildman–Crippen LogP) is 4.64. The Morgan fingerprint density at radius 2 is 1.41 bits per heavy atom. The van der Waals surface area contributed by atoms with Gasteiger partial charge >= 0.3 is 0 Å². The minimum Gasteiger partial charge on any atom is -0.507 e. The molecule has 1 unspecified atom stereocenters. The summed E-state index contributed by atoms with van der Waals surface area (Å²) in [7, 11) is 3.12. The lowest BCUT2D eigenvalue weighted by atomic mass is 9.95. The van der Waals surface area contributed by atoms with E-state index in [2.05, 4.69) is 0 Å². The van der Waals surface area contributed by atoms with Crippen molar-refractivity contribution in [1.29, 1.82) is 0 Å². The Bertz CT molecular complexity index is 1200. The van der Waals surface area contributed by atoms with E-state index in [-0.39, 0.29) is 11.3 Å². The molecule has 1 saturated heterocycles. The standard InChI is InChI=1S/C26H23NO5/c1-16-6-4-5-7-21(16)27-23(17-8-12-19(31-2)13-9-17)22(25(29)26(27)30)24(28)18-10-14-20(32-3)15-11-18/h4-15,23,28H,1-3H3/b24-22+. The van der Waals surface area contributed by atoms with Crippen molar-refractivity contribution in [1.82, 2.24) is 0 Å². The summed E-state index contributed by atoms with van der Waals surface area (Å²) in [6.07, 6.45) is 0. The number of hydrogen-bond acceptors (Lipinski definition) is 5. The first-order valence-corrected chi connectivity index (χ1v) is 10.1. The van der Waals surface area contributed by atoms with Gasteiger partial charge in [-0.3, -0.25) is 14.5 Å². The number of hydrogen-bond donors (Lipinski definition) is 1. The van der Waals surface area contributed by atoms with Crippen molar-refractivity contribution in [2.75, 3.05) is 19.1 Å². The van der Waals surface area contributed by atoms with E-state index in [0.717, 1.165) is 5.56 Å². The zero-order valence-corrected chi connectivity index (χ0v) is 18.0. The molecule has 1 N–H and O–H groups in total. The molecule has 3 aromatic carbocycles. The molecule has 0 aromatic heterocycles. The quantitative estimate of drug-likeness (QED) is 0.363. The number of amides is 1. The highest BCUT2D eigenvalue weighted by Crippen LogP contribution is 2.43. The zero-order valence-electron chi connectivity index (χ0n) is 18.0. The molecule has 1 fully saturated rings. The van der Waals surface area contributed by atoms with Crippen molar-refractivity contribution in [2.45, 2.75) is 13.0 Å². The number of carbonyl (C=O) groups excluding carboxylic acids is 2. The Balaban J connectivity index is 1.93. The average Bonchev–Trinajstić information content (AvgIpc) is 3.09. The largest absolute Gasteiger partial charge is 0.507 e. The number of aliphatic hydroxyl groups is 1. The maximum absolute atomic E-state index is 13.2. The number of ether oxygens (including phenoxy) is 2. The lowest BCUT2D eigenvalue weighted by molar-refractivity contribution is -0.132. The van der Waals surface area contributed by atoms with Gasteiger partial charge in [-0.05, 0) is 60.5 Å². The number of para-hydroxylation sites is 1. The van der Waals surface area contributed by atoms with Gasteiger partial charge < -0.3 is 14.6 Å². The van der Waals surface area contributed by atoms with Crippen LogP contribution in [-0.4, -0.2) is 31.0 Å². The Morgan fingerprint density at radius 1 is 0.844 bits per heavy atom. The Labute approximate surface area is 186 Å². The fourth-order valence-electron chi connectivity index (χ4n) is 3.92. The molecule has 32 heavy (non-hydrogen) atoms. The van der Waals surface area contributed by atoms with Crippen LogP contribution in [0.15, 0.2) is 78.4 Å². The number of aliphatic hydroxyl groups excluding tert-OH is 1. The first kappa shape index (κ1) is 21.2. The fourth-order valence-corrected chi connectivity index (χ4v) is 3.92. The van der Waals surface area contributed by atoms with Crippen molar-refractivity contribution >= 4 is 23.1 Å². The smallest absolute Gasteiger partial charge is 0.300 e. The summed E-state index contributed by atoms with van der Waals surface area (Å²) in [4.78, 5) is 27.8. The number of rotatable bonds is 5. The van der Waals surface area contributed by atoms with E-state index in [0.29, 0.717) is 28.3 Å². The number of anilines is 1. The summed E-state index contributed by atoms with van der Waals surface area (Å²) in [6.45, 7) is 1.88. The van der Waals surface area contributed by atoms with Crippen molar-refractivity contribution in [3.63, 3.8) is 0 Å². The molecule has 0 aliphatic carbocycles. The van der Waals surface area contributed by atoms with Crippen molar-refractivity contribution in [3.8, 4) is 11.5 Å². The van der Waals surface area contributed by atoms with E-state index < -0.39 is 17.7 Å². The lowest BCUT2D eigenvalue weighted by Crippen LogP contribution is -2.30. The molecule has 1 heterocycles. The van der Waals surface area contributed by atoms with Gasteiger partial charge in [-0.25, -0.2) is 0 Å². The van der Waals surface area contributed by atoms with Crippen LogP contribution in [0.5, 0.6) is 11.5 Å². The van der Waals surface area contributed by atoms with Gasteiger partial charge in [0.1, 0.15) is 17.3 Å². The first-order chi connectivity index (χ1) is 15.5. The van der Waals surface area contributed by atoms with E-state index in [1.807, 2.05) is 25.1 Å². The topological polar surface area (TPSA) is 76.1 Å². The molecule has 0 spiro atoms. The minimum atomic E-state index is -0.788. The second-order valence-corrected chi connectivity index (χ2v) is 7.46. The molecule has 0 bridgehead atoms. The molecule has 1 aliphatic rings. The monoisotopic (exact) mass is 429 g/mol. The SMILES string of the molecule is COc1ccc(/C(O)=C2\C(=O)C(=O)N(c3ccccc3C)C2c2ccc(OC)cc2)cc1. The van der Waals surface area contributed by atoms with Gasteiger partial charge in [-0.15, -0.1) is 0 Å². The number of methoxy groups -OCH3 is 2. The lowest BCUT2D eigenvalue weighted by Gasteiger charge is -2.27. The minimum absolute atomic E-state index is 0.0357. The van der Waals surface area contributed by atoms with Crippen LogP contribution in [0, 0.1) is 6.92 Å². The van der Waals surface area contributed by atoms with Gasteiger partial charge in [-0.2, -0.15) is 0 Å². The second kappa shape index (κ2) is 8.59. The molecule has 1 aliphatic heterocycles. The number of aryl methyl sites for hydroxylation is 1. The summed E-state index contributed by atoms with van der Waals surface area (Å²) in [5.41, 5.74) is 2.60. The van der Waals surface area contributed by atoms with Crippen LogP contribution in [0.1, 0.15) is 22.7 Å². The summed E-state index contributed by atoms with van der Waals surface area (Å²) >= 11 is 0. The van der Waals surface area contributed by atoms with Crippen LogP contribution in [0.4, 0.5) is 5.69 Å². The van der Waals surface area contributed by atoms with Gasteiger partial charge in [0.15, 0.2) is 0 Å². The van der Waals surface area contributed by atoms with Crippen LogP contribution < -0.4 is 14.4 Å². The van der Waals surface area contributed by atoms with Crippen LogP contribution in [0.3, 0.4) is 0 Å². The van der Waals surface area contributed by atoms with Gasteiger partial charge in [0.25, 0.3) is 11.7 Å². The molecule has 1 amide bonds. The number of Topliss-reactive ketones (excluding diaryl/α,β-unsaturated/α-hetero) is 1. The third-order valence-electron chi connectivity index (χ3n) is 5.61. The summed E-state index contributed by atoms with van der Waals surface area (Å²) in [5, 5.41) is 11.2. The first-order valence-electron chi connectivity index (χ1n) is 10.1. The third-order valence-corrected chi connectivity index (χ3v) is 5.61. The Kier molecular flexibility index (Phi) is 5.69. The van der Waals surface area contributed by atoms with Crippen LogP contribution in [-0.2, 0) is 9.59 Å². The number of benzene rings is 3. The molecule has 6 heteroatoms. The van der Waals surface area contributed by atoms with Crippen molar-refractivity contribution in [2.24, 2.45) is 0 Å². The fraction of sp³-hybridized carbons (Fsp3) is 0.154. The summed E-state index contributed by atoms with van der Waals surface area (Å²) in [6, 6.07) is 20.4. The van der Waals surface area contributed by atoms with Gasteiger partial charge in [0.2, 0.25) is 0 Å². The molecule has 162 valence electrons. The zero-order chi connectivity index (χ0) is 22.8. The molecule has 0 radical (unpaired) electrons. The summed E-state index contributed by atoms with van der Waals surface area (Å²) < 4.78 is 10.4. The number of carbonyl (C=O) groups is 2. The van der Waals surface area contributed by atoms with E-state index >= 15 is 0 Å². The van der Waals surface area contributed by atoms with Crippen LogP contribution >= 0.6 is 0 Å². The van der Waals surface area contributed by atoms with E-state index in [1.165, 1.54) is 4.90 Å². The molecular weight excluding hydrogens is 406 g/mol. The predicted molar refractivity (Wildman–Crippen MR) is 122 cm³/mol. The van der Waals surface area contributed by atoms with Crippen LogP contribution in [0.2, 0.25) is 0 Å². The molecular formula is C26H23NO5. The number of nitrogens with zero attached hydrogens (tertiary/aromatic N) is 1. The van der Waals surface area contributed by atoms with E-state index in [4.69, 9.17) is 9.47 Å². The van der Waals surface area contributed by atoms with E-state index in [9.17, 15) is 14.7 Å². The molecule has 6 nitrogen and oxygen atoms in total. The average molecular weight is 429 g/mol. The Hall–Kier alpha value is -4.06. The normalized spacial score (nSPS) is 17.5. The highest BCUT2D eigenvalue weighted by Gasteiger charge is 2.47. The Morgan fingerprint density at radius 3 is 1.97 bits per heavy atom. The highest BCUT2D eigenvalue weighted by molar-refractivity contribution is 6.51. The molecule has 1 atom stereocenters. The maximum atomic E-state index is 13.2. The highest BCUT2D eigenvalue weighted by atomic mass is 16.5. The molecule has 3 aromatic rings. The van der Waals surface area contributed by atoms with Crippen molar-refractivity contribution in [3.05, 3.63) is 95.1 Å². The van der Waals surface area contributed by atoms with Crippen molar-refractivity contribution < 1.29 is 24.2 Å². The number of ketones is 1. The van der Waals surface area contributed by atoms with Crippen LogP contribution in [0.25, 0.3) is 5.76 Å². The van der Waals surface area contributed by atoms with Gasteiger partial charge in [0, 0.05) is 11.3 Å². The third kappa shape index (κ3) is 3.60. The summed E-state index contributed by atoms with van der Waals surface area (Å²) in [5.74, 6) is -0.383. The maximum Gasteiger partial charge on any atom is 0.300 e. The molecule has 4 rings (SSSR count). The molecule has 0 saturated carbocycles. The van der Waals surface area contributed by atoms with E-state index in [1.54, 1.807) is 68.8 Å². The van der Waals surface area contributed by atoms with Gasteiger partial charge in [-0.1, -0.05) is 30.3 Å². The van der Waals surface area contributed by atoms with Gasteiger partial charge in [0.05, 0.1) is 25.8 Å².